The smallest absolute Gasteiger partial charge is 0.0517 e. The van der Waals surface area contributed by atoms with Crippen LogP contribution in [0.3, 0.4) is 0 Å². The molecule has 4 heterocycles. The maximum Gasteiger partial charge on any atom is 0.0517 e. The van der Waals surface area contributed by atoms with Gasteiger partial charge in [-0.2, -0.15) is 0 Å². The number of fused-ring (bicyclic) bond motifs is 18. The highest BCUT2D eigenvalue weighted by Gasteiger charge is 2.63. The predicted molar refractivity (Wildman–Crippen MR) is 448 cm³/mol. The summed E-state index contributed by atoms with van der Waals surface area (Å²) in [5.74, 6) is 0. The Morgan fingerprint density at radius 1 is 0.208 bits per heavy atom. The van der Waals surface area contributed by atoms with Crippen molar-refractivity contribution in [2.24, 2.45) is 0 Å². The van der Waals surface area contributed by atoms with Crippen LogP contribution in [-0.4, -0.2) is 22.2 Å². The summed E-state index contributed by atoms with van der Waals surface area (Å²) in [6.45, 7) is 20.5. The summed E-state index contributed by atoms with van der Waals surface area (Å²) in [5.41, 5.74) is 26.8. The zero-order valence-corrected chi connectivity index (χ0v) is 62.5. The van der Waals surface area contributed by atoms with Crippen LogP contribution in [0.1, 0.15) is 155 Å². The van der Waals surface area contributed by atoms with Gasteiger partial charge in [0.15, 0.2) is 0 Å². The van der Waals surface area contributed by atoms with E-state index in [1.807, 2.05) is 0 Å². The summed E-state index contributed by atoms with van der Waals surface area (Å²) in [7, 11) is 0. The van der Waals surface area contributed by atoms with Gasteiger partial charge in [-0.1, -0.05) is 199 Å². The van der Waals surface area contributed by atoms with Gasteiger partial charge in [0, 0.05) is 67.2 Å². The molecule has 15 aromatic carbocycles. The van der Waals surface area contributed by atoms with Gasteiger partial charge in [0.25, 0.3) is 0 Å². The van der Waals surface area contributed by atoms with E-state index in [-0.39, 0.29) is 43.8 Å². The summed E-state index contributed by atoms with van der Waals surface area (Å²) in [4.78, 5) is 10.8. The van der Waals surface area contributed by atoms with Crippen LogP contribution in [0.4, 0.5) is 45.5 Å². The fourth-order valence-electron chi connectivity index (χ4n) is 25.2. The number of hydrogen-bond acceptors (Lipinski definition) is 4. The van der Waals surface area contributed by atoms with Crippen LogP contribution in [0.15, 0.2) is 255 Å². The van der Waals surface area contributed by atoms with Crippen molar-refractivity contribution in [2.45, 2.75) is 176 Å². The van der Waals surface area contributed by atoms with Crippen molar-refractivity contribution in [2.75, 3.05) is 19.6 Å². The highest BCUT2D eigenvalue weighted by molar-refractivity contribution is 6.40. The van der Waals surface area contributed by atoms with Crippen molar-refractivity contribution in [1.29, 1.82) is 0 Å². The summed E-state index contributed by atoms with van der Waals surface area (Å²) in [5, 5.41) is 16.1. The lowest BCUT2D eigenvalue weighted by atomic mass is 9.71. The van der Waals surface area contributed by atoms with Crippen molar-refractivity contribution < 1.29 is 0 Å². The van der Waals surface area contributed by atoms with Crippen LogP contribution >= 0.6 is 0 Å². The monoisotopic (exact) mass is 1370 g/mol. The van der Waals surface area contributed by atoms with E-state index < -0.39 is 0 Å². The van der Waals surface area contributed by atoms with Crippen molar-refractivity contribution in [3.05, 3.63) is 277 Å². The molecule has 8 aliphatic rings. The maximum atomic E-state index is 2.71. The molecule has 0 bridgehead atoms. The minimum absolute atomic E-state index is 0.0135. The molecule has 23 rings (SSSR count). The Kier molecular flexibility index (Phi) is 12.1. The second-order valence-corrected chi connectivity index (χ2v) is 35.5. The average Bonchev–Trinajstić information content (AvgIpc) is 1.55. The van der Waals surface area contributed by atoms with Crippen LogP contribution in [0, 0.1) is 0 Å². The molecule has 0 radical (unpaired) electrons. The number of para-hydroxylation sites is 4. The minimum Gasteiger partial charge on any atom is -0.334 e. The highest BCUT2D eigenvalue weighted by Crippen LogP contribution is 2.68. The molecule has 0 aromatic heterocycles. The third-order valence-electron chi connectivity index (χ3n) is 31.4. The van der Waals surface area contributed by atoms with Crippen molar-refractivity contribution >= 4 is 110 Å². The lowest BCUT2D eigenvalue weighted by Gasteiger charge is -2.42. The standard InChI is InChI=1S/C102H90N4/c1-95-49-21-53-99(95,5)103(67-25-13-9-14-26-67)87-45-33-63(57-83(87)95)71-37-41-75-79-61-81-77-43-39-73(65-35-47-89-85(59-65)97(3)51-23-55-101(97,7)105(89)69-29-17-11-18-30-69)92-74(66-36-48-90-86(60-66)98(4)52-24-56-102(98,8)106(90)70-31-19-12-20-32-70)40-44-78(94(77)92)82(81)62-80(79)76-42-38-72(91(71)93(75)76)64-34-46-88-84(58-64)96(2)50-22-54-100(96,6)104(88)68-27-15-10-16-28-68/h9-20,25-48,57-62H,21-24,49-56H2,1-8H3. The molecule has 0 spiro atoms. The Morgan fingerprint density at radius 2 is 0.434 bits per heavy atom. The Bertz CT molecular complexity index is 5530. The molecule has 15 aromatic rings. The molecule has 8 unspecified atom stereocenters. The lowest BCUT2D eigenvalue weighted by molar-refractivity contribution is 0.330. The molecule has 0 saturated heterocycles. The van der Waals surface area contributed by atoms with Gasteiger partial charge in [-0.25, -0.2) is 0 Å². The van der Waals surface area contributed by atoms with Gasteiger partial charge >= 0.3 is 0 Å². The van der Waals surface area contributed by atoms with E-state index in [0.29, 0.717) is 0 Å². The minimum atomic E-state index is -0.0359. The third-order valence-corrected chi connectivity index (χ3v) is 31.4. The number of rotatable bonds is 8. The van der Waals surface area contributed by atoms with Gasteiger partial charge in [0.05, 0.1) is 22.2 Å². The molecule has 0 amide bonds. The summed E-state index contributed by atoms with van der Waals surface area (Å²) in [6, 6.07) is 101. The van der Waals surface area contributed by atoms with Gasteiger partial charge in [-0.15, -0.1) is 0 Å². The van der Waals surface area contributed by atoms with Crippen LogP contribution in [0.2, 0.25) is 0 Å². The topological polar surface area (TPSA) is 13.0 Å². The van der Waals surface area contributed by atoms with Gasteiger partial charge in [-0.3, -0.25) is 0 Å². The van der Waals surface area contributed by atoms with Gasteiger partial charge in [-0.05, 0) is 320 Å². The molecular weight excluding hydrogens is 1280 g/mol. The molecule has 8 atom stereocenters. The first-order valence-corrected chi connectivity index (χ1v) is 39.9. The van der Waals surface area contributed by atoms with Crippen LogP contribution < -0.4 is 19.6 Å². The highest BCUT2D eigenvalue weighted by atomic mass is 15.3. The molecule has 4 nitrogen and oxygen atoms in total. The lowest BCUT2D eigenvalue weighted by Crippen LogP contribution is -2.48. The van der Waals surface area contributed by atoms with Crippen molar-refractivity contribution in [3.63, 3.8) is 0 Å². The van der Waals surface area contributed by atoms with E-state index in [2.05, 4.69) is 330 Å². The SMILES string of the molecule is CC12CCCC1(C)N(c1ccccc1)c1ccc(-c3ccc4c5cc6c(cc5c5ccc(-c7ccc8c(c7)C7(C)CCCC7(C)N8c7ccccc7)c3c45)c3ccc(-c4ccc5c(c4)C4(C)CCCC4(C)N5c4ccccc4)c4c(-c5ccc7c(c5)C5(C)CCCC5(C)N7c5ccccc5)ccc6c43)cc12. The zero-order chi connectivity index (χ0) is 71.0. The van der Waals surface area contributed by atoms with Gasteiger partial charge in [0.2, 0.25) is 0 Å². The van der Waals surface area contributed by atoms with E-state index in [9.17, 15) is 0 Å². The van der Waals surface area contributed by atoms with Gasteiger partial charge in [0.1, 0.15) is 0 Å². The molecule has 106 heavy (non-hydrogen) atoms. The average molecular weight is 1370 g/mol. The molecule has 4 fully saturated rings. The van der Waals surface area contributed by atoms with E-state index in [1.54, 1.807) is 0 Å². The molecule has 0 N–H and O–H groups in total. The van der Waals surface area contributed by atoms with E-state index in [0.717, 1.165) is 0 Å². The van der Waals surface area contributed by atoms with Gasteiger partial charge < -0.3 is 19.6 Å². The second-order valence-electron chi connectivity index (χ2n) is 35.5. The summed E-state index contributed by atoms with van der Waals surface area (Å²) < 4.78 is 0. The van der Waals surface area contributed by atoms with Crippen LogP contribution in [0.5, 0.6) is 0 Å². The van der Waals surface area contributed by atoms with Crippen LogP contribution in [0.25, 0.3) is 109 Å². The predicted octanol–water partition coefficient (Wildman–Crippen LogP) is 27.6. The Hall–Kier alpha value is -10.4. The molecule has 518 valence electrons. The fourth-order valence-corrected chi connectivity index (χ4v) is 25.2. The number of hydrogen-bond donors (Lipinski definition) is 0. The van der Waals surface area contributed by atoms with Crippen molar-refractivity contribution in [1.82, 2.24) is 0 Å². The number of anilines is 8. The first kappa shape index (κ1) is 61.8. The third kappa shape index (κ3) is 7.38. The molecule has 4 saturated carbocycles. The fraction of sp³-hybridized carbons (Fsp3) is 0.275. The largest absolute Gasteiger partial charge is 0.334 e. The van der Waals surface area contributed by atoms with E-state index in [1.165, 1.54) is 254 Å². The summed E-state index contributed by atoms with van der Waals surface area (Å²) in [6.07, 6.45) is 14.2. The van der Waals surface area contributed by atoms with Crippen molar-refractivity contribution in [3.8, 4) is 44.5 Å². The van der Waals surface area contributed by atoms with E-state index >= 15 is 0 Å². The Morgan fingerprint density at radius 3 is 0.660 bits per heavy atom. The normalized spacial score (nSPS) is 27.4. The summed E-state index contributed by atoms with van der Waals surface area (Å²) >= 11 is 0. The molecule has 4 aliphatic carbocycles. The Labute approximate surface area is 623 Å². The Balaban J connectivity index is 0.756. The molecule has 4 heteroatoms. The first-order chi connectivity index (χ1) is 51.5. The quantitative estimate of drug-likeness (QED) is 0.150. The maximum absolute atomic E-state index is 2.71. The number of nitrogens with zero attached hydrogens (tertiary/aromatic N) is 4. The second kappa shape index (κ2) is 20.8. The number of benzene rings is 13. The van der Waals surface area contributed by atoms with Crippen LogP contribution in [-0.2, 0) is 21.7 Å². The first-order valence-electron chi connectivity index (χ1n) is 39.9. The van der Waals surface area contributed by atoms with E-state index in [4.69, 9.17) is 0 Å². The molecular formula is C102H90N4. The molecule has 4 aliphatic heterocycles. The zero-order valence-electron chi connectivity index (χ0n) is 62.5.